The van der Waals surface area contributed by atoms with E-state index in [1.54, 1.807) is 12.1 Å². The summed E-state index contributed by atoms with van der Waals surface area (Å²) in [6.45, 7) is -0.149. The Balaban J connectivity index is 2.79. The number of esters is 1. The molecule has 0 aliphatic heterocycles. The van der Waals surface area contributed by atoms with E-state index >= 15 is 0 Å². The second kappa shape index (κ2) is 5.16. The van der Waals surface area contributed by atoms with Crippen LogP contribution in [0.5, 0.6) is 5.75 Å². The van der Waals surface area contributed by atoms with Crippen LogP contribution in [-0.4, -0.2) is 42.6 Å². The summed E-state index contributed by atoms with van der Waals surface area (Å²) in [7, 11) is 2.71. The zero-order valence-corrected chi connectivity index (χ0v) is 9.14. The fourth-order valence-corrected chi connectivity index (χ4v) is 1.19. The molecule has 0 bridgehead atoms. The van der Waals surface area contributed by atoms with Gasteiger partial charge in [0.2, 0.25) is 0 Å². The molecule has 0 saturated heterocycles. The minimum atomic E-state index is -0.508. The number of phenols is 1. The van der Waals surface area contributed by atoms with Crippen LogP contribution in [0.4, 0.5) is 0 Å². The zero-order valence-electron chi connectivity index (χ0n) is 9.14. The normalized spacial score (nSPS) is 9.62. The predicted molar refractivity (Wildman–Crippen MR) is 57.1 cm³/mol. The van der Waals surface area contributed by atoms with Crippen LogP contribution in [0.1, 0.15) is 10.4 Å². The van der Waals surface area contributed by atoms with Crippen molar-refractivity contribution in [2.45, 2.75) is 0 Å². The van der Waals surface area contributed by atoms with Crippen molar-refractivity contribution in [2.24, 2.45) is 0 Å². The van der Waals surface area contributed by atoms with Gasteiger partial charge >= 0.3 is 5.97 Å². The molecule has 0 unspecified atom stereocenters. The van der Waals surface area contributed by atoms with Gasteiger partial charge in [-0.1, -0.05) is 12.1 Å². The van der Waals surface area contributed by atoms with Gasteiger partial charge < -0.3 is 14.7 Å². The third-order valence-electron chi connectivity index (χ3n) is 2.08. The van der Waals surface area contributed by atoms with Gasteiger partial charge in [0.05, 0.1) is 12.7 Å². The molecule has 0 saturated carbocycles. The summed E-state index contributed by atoms with van der Waals surface area (Å²) < 4.78 is 4.44. The standard InChI is InChI=1S/C11H13NO4/c1-12(7-10(14)16-2)11(15)8-5-3-4-6-9(8)13/h3-6,13H,7H2,1-2H3. The van der Waals surface area contributed by atoms with E-state index in [0.717, 1.165) is 0 Å². The maximum absolute atomic E-state index is 11.8. The van der Waals surface area contributed by atoms with Crippen molar-refractivity contribution in [1.82, 2.24) is 4.90 Å². The Labute approximate surface area is 93.2 Å². The van der Waals surface area contributed by atoms with Gasteiger partial charge in [-0.25, -0.2) is 0 Å². The number of phenolic OH excluding ortho intramolecular Hbond substituents is 1. The third kappa shape index (κ3) is 2.73. The van der Waals surface area contributed by atoms with Crippen LogP contribution in [0, 0.1) is 0 Å². The quantitative estimate of drug-likeness (QED) is 0.763. The Morgan fingerprint density at radius 3 is 2.56 bits per heavy atom. The average molecular weight is 223 g/mol. The van der Waals surface area contributed by atoms with Gasteiger partial charge in [0.1, 0.15) is 12.3 Å². The number of carbonyl (C=O) groups excluding carboxylic acids is 2. The molecule has 16 heavy (non-hydrogen) atoms. The number of likely N-dealkylation sites (N-methyl/N-ethyl adjacent to an activating group) is 1. The largest absolute Gasteiger partial charge is 0.507 e. The van der Waals surface area contributed by atoms with E-state index in [9.17, 15) is 14.7 Å². The average Bonchev–Trinajstić information content (AvgIpc) is 2.28. The van der Waals surface area contributed by atoms with Crippen molar-refractivity contribution in [1.29, 1.82) is 0 Å². The molecule has 1 aromatic rings. The Hall–Kier alpha value is -2.04. The lowest BCUT2D eigenvalue weighted by molar-refractivity contribution is -0.141. The highest BCUT2D eigenvalue weighted by atomic mass is 16.5. The predicted octanol–water partition coefficient (Wildman–Crippen LogP) is 0.637. The van der Waals surface area contributed by atoms with Crippen molar-refractivity contribution < 1.29 is 19.4 Å². The number of hydrogen-bond donors (Lipinski definition) is 1. The van der Waals surface area contributed by atoms with Crippen LogP contribution in [0.25, 0.3) is 0 Å². The second-order valence-electron chi connectivity index (χ2n) is 3.25. The Bertz CT molecular complexity index is 403. The molecule has 0 aromatic heterocycles. The van der Waals surface area contributed by atoms with Crippen molar-refractivity contribution in [3.8, 4) is 5.75 Å². The number of ether oxygens (including phenoxy) is 1. The number of benzene rings is 1. The first-order valence-corrected chi connectivity index (χ1v) is 4.66. The molecular weight excluding hydrogens is 210 g/mol. The van der Waals surface area contributed by atoms with Crippen LogP contribution >= 0.6 is 0 Å². The lowest BCUT2D eigenvalue weighted by Gasteiger charge is -2.16. The first-order chi connectivity index (χ1) is 7.56. The van der Waals surface area contributed by atoms with Crippen molar-refractivity contribution in [3.63, 3.8) is 0 Å². The number of aromatic hydroxyl groups is 1. The summed E-state index contributed by atoms with van der Waals surface area (Å²) in [5.41, 5.74) is 0.161. The molecule has 5 nitrogen and oxygen atoms in total. The molecule has 1 amide bonds. The van der Waals surface area contributed by atoms with Gasteiger partial charge in [-0.3, -0.25) is 9.59 Å². The van der Waals surface area contributed by atoms with E-state index in [4.69, 9.17) is 0 Å². The first-order valence-electron chi connectivity index (χ1n) is 4.66. The topological polar surface area (TPSA) is 66.8 Å². The molecule has 0 radical (unpaired) electrons. The van der Waals surface area contributed by atoms with Crippen LogP contribution < -0.4 is 0 Å². The summed E-state index contributed by atoms with van der Waals surface area (Å²) in [6, 6.07) is 6.16. The molecule has 1 aromatic carbocycles. The number of carbonyl (C=O) groups is 2. The molecule has 0 fully saturated rings. The SMILES string of the molecule is COC(=O)CN(C)C(=O)c1ccccc1O. The molecular formula is C11H13NO4. The summed E-state index contributed by atoms with van der Waals surface area (Å²) in [6.07, 6.45) is 0. The zero-order chi connectivity index (χ0) is 12.1. The van der Waals surface area contributed by atoms with Crippen LogP contribution in [-0.2, 0) is 9.53 Å². The molecule has 0 atom stereocenters. The van der Waals surface area contributed by atoms with Gasteiger partial charge in [-0.2, -0.15) is 0 Å². The van der Waals surface area contributed by atoms with Gasteiger partial charge in [0.25, 0.3) is 5.91 Å². The highest BCUT2D eigenvalue weighted by molar-refractivity contribution is 5.98. The first kappa shape index (κ1) is 12.0. The van der Waals surface area contributed by atoms with Crippen molar-refractivity contribution in [2.75, 3.05) is 20.7 Å². The van der Waals surface area contributed by atoms with Crippen molar-refractivity contribution in [3.05, 3.63) is 29.8 Å². The maximum Gasteiger partial charge on any atom is 0.325 e. The fraction of sp³-hybridized carbons (Fsp3) is 0.273. The van der Waals surface area contributed by atoms with E-state index < -0.39 is 11.9 Å². The highest BCUT2D eigenvalue weighted by Gasteiger charge is 2.17. The molecule has 1 rings (SSSR count). The van der Waals surface area contributed by atoms with E-state index in [-0.39, 0.29) is 17.9 Å². The Morgan fingerprint density at radius 1 is 1.38 bits per heavy atom. The fourth-order valence-electron chi connectivity index (χ4n) is 1.19. The number of amides is 1. The second-order valence-corrected chi connectivity index (χ2v) is 3.25. The number of rotatable bonds is 3. The van der Waals surface area contributed by atoms with Crippen molar-refractivity contribution >= 4 is 11.9 Å². The number of para-hydroxylation sites is 1. The monoisotopic (exact) mass is 223 g/mol. The van der Waals surface area contributed by atoms with Gasteiger partial charge in [0.15, 0.2) is 0 Å². The molecule has 1 N–H and O–H groups in total. The van der Waals surface area contributed by atoms with E-state index in [2.05, 4.69) is 4.74 Å². The van der Waals surface area contributed by atoms with Crippen LogP contribution in [0.3, 0.4) is 0 Å². The molecule has 86 valence electrons. The lowest BCUT2D eigenvalue weighted by atomic mass is 10.2. The number of methoxy groups -OCH3 is 1. The maximum atomic E-state index is 11.8. The summed E-state index contributed by atoms with van der Waals surface area (Å²) >= 11 is 0. The van der Waals surface area contributed by atoms with E-state index in [1.165, 1.54) is 31.2 Å². The van der Waals surface area contributed by atoms with Gasteiger partial charge in [0, 0.05) is 7.05 Å². The highest BCUT2D eigenvalue weighted by Crippen LogP contribution is 2.16. The minimum absolute atomic E-state index is 0.107. The van der Waals surface area contributed by atoms with Crippen LogP contribution in [0.15, 0.2) is 24.3 Å². The summed E-state index contributed by atoms with van der Waals surface area (Å²) in [5.74, 6) is -1.04. The number of nitrogens with zero attached hydrogens (tertiary/aromatic N) is 1. The summed E-state index contributed by atoms with van der Waals surface area (Å²) in [5, 5.41) is 9.46. The Morgan fingerprint density at radius 2 is 2.00 bits per heavy atom. The van der Waals surface area contributed by atoms with Gasteiger partial charge in [-0.15, -0.1) is 0 Å². The molecule has 0 aliphatic rings. The Kier molecular flexibility index (Phi) is 3.88. The third-order valence-corrected chi connectivity index (χ3v) is 2.08. The summed E-state index contributed by atoms with van der Waals surface area (Å²) in [4.78, 5) is 23.9. The molecule has 0 spiro atoms. The van der Waals surface area contributed by atoms with Crippen LogP contribution in [0.2, 0.25) is 0 Å². The van der Waals surface area contributed by atoms with Gasteiger partial charge in [-0.05, 0) is 12.1 Å². The number of hydrogen-bond acceptors (Lipinski definition) is 4. The minimum Gasteiger partial charge on any atom is -0.507 e. The van der Waals surface area contributed by atoms with E-state index in [1.807, 2.05) is 0 Å². The molecule has 5 heteroatoms. The molecule has 0 heterocycles. The van der Waals surface area contributed by atoms with E-state index in [0.29, 0.717) is 0 Å². The molecule has 0 aliphatic carbocycles. The lowest BCUT2D eigenvalue weighted by Crippen LogP contribution is -2.32. The smallest absolute Gasteiger partial charge is 0.325 e.